The summed E-state index contributed by atoms with van der Waals surface area (Å²) < 4.78 is 3.43. The highest BCUT2D eigenvalue weighted by Crippen LogP contribution is 1.96. The van der Waals surface area contributed by atoms with Gasteiger partial charge in [0.2, 0.25) is 5.95 Å². The molecule has 0 fully saturated rings. The molecule has 7 heteroatoms. The monoisotopic (exact) mass is 193 g/mol. The van der Waals surface area contributed by atoms with Crippen LogP contribution in [0.3, 0.4) is 0 Å². The van der Waals surface area contributed by atoms with Crippen LogP contribution in [0.1, 0.15) is 6.42 Å². The van der Waals surface area contributed by atoms with Crippen molar-refractivity contribution in [3.63, 3.8) is 0 Å². The third-order valence-corrected chi connectivity index (χ3v) is 1.88. The predicted octanol–water partition coefficient (Wildman–Crippen LogP) is -0.458. The van der Waals surface area contributed by atoms with Gasteiger partial charge in [-0.3, -0.25) is 4.68 Å². The van der Waals surface area contributed by atoms with Gasteiger partial charge in [-0.25, -0.2) is 4.68 Å². The molecule has 0 aliphatic heterocycles. The van der Waals surface area contributed by atoms with Crippen LogP contribution in [-0.4, -0.2) is 30.0 Å². The van der Waals surface area contributed by atoms with Crippen molar-refractivity contribution in [1.29, 1.82) is 0 Å². The Kier molecular flexibility index (Phi) is 2.39. The maximum atomic E-state index is 5.50. The highest BCUT2D eigenvalue weighted by atomic mass is 15.6. The Morgan fingerprint density at radius 1 is 1.36 bits per heavy atom. The van der Waals surface area contributed by atoms with Crippen LogP contribution in [0.5, 0.6) is 0 Å². The van der Waals surface area contributed by atoms with E-state index in [9.17, 15) is 0 Å². The lowest BCUT2D eigenvalue weighted by Gasteiger charge is -2.01. The van der Waals surface area contributed by atoms with Gasteiger partial charge in [0.1, 0.15) is 0 Å². The van der Waals surface area contributed by atoms with E-state index < -0.39 is 0 Å². The van der Waals surface area contributed by atoms with Gasteiger partial charge < -0.3 is 5.73 Å². The molecular weight excluding hydrogens is 182 g/mol. The minimum Gasteiger partial charge on any atom is -0.367 e. The maximum Gasteiger partial charge on any atom is 0.240 e. The van der Waals surface area contributed by atoms with E-state index >= 15 is 0 Å². The Morgan fingerprint density at radius 2 is 2.29 bits per heavy atom. The normalized spacial score (nSPS) is 10.6. The van der Waals surface area contributed by atoms with Crippen molar-refractivity contribution in [2.75, 3.05) is 5.73 Å². The molecule has 0 bridgehead atoms. The molecule has 0 aliphatic carbocycles. The molecule has 0 atom stereocenters. The number of hydrogen-bond acceptors (Lipinski definition) is 5. The zero-order valence-electron chi connectivity index (χ0n) is 7.61. The molecular formula is C7H11N7. The van der Waals surface area contributed by atoms with Crippen LogP contribution >= 0.6 is 0 Å². The highest BCUT2D eigenvalue weighted by Gasteiger charge is 1.99. The molecule has 74 valence electrons. The van der Waals surface area contributed by atoms with Crippen molar-refractivity contribution in [1.82, 2.24) is 30.0 Å². The van der Waals surface area contributed by atoms with Crippen LogP contribution in [0.2, 0.25) is 0 Å². The minimum absolute atomic E-state index is 0.352. The SMILES string of the molecule is Nc1nnnn1CCCn1cccn1. The summed E-state index contributed by atoms with van der Waals surface area (Å²) in [5.41, 5.74) is 5.50. The fourth-order valence-corrected chi connectivity index (χ4v) is 1.19. The zero-order chi connectivity index (χ0) is 9.80. The number of nitrogen functional groups attached to an aromatic ring is 1. The summed E-state index contributed by atoms with van der Waals surface area (Å²) in [6.45, 7) is 1.55. The first-order valence-corrected chi connectivity index (χ1v) is 4.35. The predicted molar refractivity (Wildman–Crippen MR) is 49.1 cm³/mol. The number of tetrazole rings is 1. The molecule has 0 aliphatic rings. The summed E-state index contributed by atoms with van der Waals surface area (Å²) in [7, 11) is 0. The third-order valence-electron chi connectivity index (χ3n) is 1.88. The Bertz CT molecular complexity index is 376. The van der Waals surface area contributed by atoms with Crippen LogP contribution in [0, 0.1) is 0 Å². The Balaban J connectivity index is 1.81. The van der Waals surface area contributed by atoms with E-state index in [1.165, 1.54) is 0 Å². The molecule has 7 nitrogen and oxygen atoms in total. The Labute approximate surface area is 80.5 Å². The van der Waals surface area contributed by atoms with E-state index in [1.807, 2.05) is 16.9 Å². The van der Waals surface area contributed by atoms with Crippen LogP contribution in [0.4, 0.5) is 5.95 Å². The van der Waals surface area contributed by atoms with E-state index in [4.69, 9.17) is 5.73 Å². The summed E-state index contributed by atoms with van der Waals surface area (Å²) in [5.74, 6) is 0.352. The molecule has 0 unspecified atom stereocenters. The third kappa shape index (κ3) is 1.87. The fourth-order valence-electron chi connectivity index (χ4n) is 1.19. The molecule has 0 radical (unpaired) electrons. The van der Waals surface area contributed by atoms with Crippen molar-refractivity contribution in [3.8, 4) is 0 Å². The molecule has 0 aromatic carbocycles. The van der Waals surface area contributed by atoms with Gasteiger partial charge in [-0.2, -0.15) is 5.10 Å². The lowest BCUT2D eigenvalue weighted by Crippen LogP contribution is -2.08. The quantitative estimate of drug-likeness (QED) is 0.710. The molecule has 0 amide bonds. The van der Waals surface area contributed by atoms with E-state index in [0.717, 1.165) is 13.0 Å². The molecule has 2 rings (SSSR count). The average molecular weight is 193 g/mol. The first-order valence-electron chi connectivity index (χ1n) is 4.35. The van der Waals surface area contributed by atoms with Gasteiger partial charge in [-0.1, -0.05) is 5.10 Å². The number of aromatic nitrogens is 6. The van der Waals surface area contributed by atoms with Gasteiger partial charge in [0.25, 0.3) is 0 Å². The molecule has 2 aromatic rings. The maximum absolute atomic E-state index is 5.50. The van der Waals surface area contributed by atoms with E-state index in [1.54, 1.807) is 10.9 Å². The van der Waals surface area contributed by atoms with Gasteiger partial charge in [0, 0.05) is 25.5 Å². The van der Waals surface area contributed by atoms with Crippen molar-refractivity contribution in [2.24, 2.45) is 0 Å². The minimum atomic E-state index is 0.352. The fraction of sp³-hybridized carbons (Fsp3) is 0.429. The summed E-state index contributed by atoms with van der Waals surface area (Å²) in [5, 5.41) is 14.9. The molecule has 0 spiro atoms. The average Bonchev–Trinajstić information content (AvgIpc) is 2.78. The Morgan fingerprint density at radius 3 is 2.93 bits per heavy atom. The number of rotatable bonds is 4. The van der Waals surface area contributed by atoms with Crippen LogP contribution < -0.4 is 5.73 Å². The standard InChI is InChI=1S/C7H11N7/c8-7-10-11-12-14(7)6-2-5-13-4-1-3-9-13/h1,3-4H,2,5-6H2,(H2,8,10,12). The van der Waals surface area contributed by atoms with Crippen molar-refractivity contribution >= 4 is 5.95 Å². The second-order valence-corrected chi connectivity index (χ2v) is 2.88. The number of hydrogen-bond donors (Lipinski definition) is 1. The lowest BCUT2D eigenvalue weighted by atomic mass is 10.4. The molecule has 14 heavy (non-hydrogen) atoms. The van der Waals surface area contributed by atoms with E-state index in [2.05, 4.69) is 20.6 Å². The summed E-state index contributed by atoms with van der Waals surface area (Å²) >= 11 is 0. The van der Waals surface area contributed by atoms with Gasteiger partial charge in [-0.15, -0.1) is 0 Å². The van der Waals surface area contributed by atoms with Crippen molar-refractivity contribution < 1.29 is 0 Å². The summed E-state index contributed by atoms with van der Waals surface area (Å²) in [6, 6.07) is 1.89. The second kappa shape index (κ2) is 3.86. The molecule has 2 heterocycles. The van der Waals surface area contributed by atoms with Gasteiger partial charge in [0.15, 0.2) is 0 Å². The zero-order valence-corrected chi connectivity index (χ0v) is 7.61. The molecule has 2 aromatic heterocycles. The Hall–Kier alpha value is -1.92. The van der Waals surface area contributed by atoms with Crippen molar-refractivity contribution in [3.05, 3.63) is 18.5 Å². The number of aryl methyl sites for hydroxylation is 2. The molecule has 0 saturated carbocycles. The first-order chi connectivity index (χ1) is 6.86. The van der Waals surface area contributed by atoms with Crippen LogP contribution in [-0.2, 0) is 13.1 Å². The number of nitrogens with two attached hydrogens (primary N) is 1. The molecule has 2 N–H and O–H groups in total. The van der Waals surface area contributed by atoms with E-state index in [0.29, 0.717) is 12.5 Å². The number of anilines is 1. The van der Waals surface area contributed by atoms with Crippen LogP contribution in [0.15, 0.2) is 18.5 Å². The van der Waals surface area contributed by atoms with Crippen molar-refractivity contribution in [2.45, 2.75) is 19.5 Å². The van der Waals surface area contributed by atoms with Gasteiger partial charge in [-0.05, 0) is 22.9 Å². The largest absolute Gasteiger partial charge is 0.367 e. The van der Waals surface area contributed by atoms with Gasteiger partial charge in [0.05, 0.1) is 0 Å². The second-order valence-electron chi connectivity index (χ2n) is 2.88. The van der Waals surface area contributed by atoms with Crippen LogP contribution in [0.25, 0.3) is 0 Å². The number of nitrogens with zero attached hydrogens (tertiary/aromatic N) is 6. The summed E-state index contributed by atoms with van der Waals surface area (Å²) in [4.78, 5) is 0. The molecule has 0 saturated heterocycles. The topological polar surface area (TPSA) is 87.4 Å². The lowest BCUT2D eigenvalue weighted by molar-refractivity contribution is 0.496. The highest BCUT2D eigenvalue weighted by molar-refractivity contribution is 5.09. The summed E-state index contributed by atoms with van der Waals surface area (Å²) in [6.07, 6.45) is 4.57. The van der Waals surface area contributed by atoms with Gasteiger partial charge >= 0.3 is 0 Å². The smallest absolute Gasteiger partial charge is 0.240 e. The van der Waals surface area contributed by atoms with E-state index in [-0.39, 0.29) is 0 Å². The first kappa shape index (κ1) is 8.67.